The van der Waals surface area contributed by atoms with Gasteiger partial charge in [-0.05, 0) is 25.8 Å². The molecular weight excluding hydrogens is 152 g/mol. The third-order valence-corrected chi connectivity index (χ3v) is 2.69. The van der Waals surface area contributed by atoms with E-state index in [1.165, 1.54) is 32.4 Å². The minimum absolute atomic E-state index is 0.435. The fourth-order valence-electron chi connectivity index (χ4n) is 2.00. The molecule has 0 aliphatic carbocycles. The lowest BCUT2D eigenvalue weighted by atomic mass is 10.3. The number of hydrogen-bond donors (Lipinski definition) is 1. The molecule has 1 N–H and O–H groups in total. The molecule has 0 saturated carbocycles. The Morgan fingerprint density at radius 2 is 2.17 bits per heavy atom. The van der Waals surface area contributed by atoms with Crippen LogP contribution < -0.4 is 5.32 Å². The van der Waals surface area contributed by atoms with Crippen LogP contribution in [0.2, 0.25) is 0 Å². The molecule has 2 aliphatic heterocycles. The van der Waals surface area contributed by atoms with Crippen molar-refractivity contribution < 1.29 is 4.74 Å². The maximum atomic E-state index is 5.65. The lowest BCUT2D eigenvalue weighted by Gasteiger charge is -2.25. The van der Waals surface area contributed by atoms with Gasteiger partial charge in [-0.1, -0.05) is 0 Å². The van der Waals surface area contributed by atoms with Gasteiger partial charge in [-0.3, -0.25) is 4.90 Å². The largest absolute Gasteiger partial charge is 0.363 e. The Kier molecular flexibility index (Phi) is 2.98. The van der Waals surface area contributed by atoms with Gasteiger partial charge in [-0.2, -0.15) is 0 Å². The standard InChI is InChI=1S/C9H18N2O/c1-3-9(12-8-1)11-6-2-4-10-5-7-11/h9-10H,1-8H2. The summed E-state index contributed by atoms with van der Waals surface area (Å²) in [7, 11) is 0. The van der Waals surface area contributed by atoms with Gasteiger partial charge in [-0.25, -0.2) is 0 Å². The lowest BCUT2D eigenvalue weighted by molar-refractivity contribution is -0.0161. The highest BCUT2D eigenvalue weighted by atomic mass is 16.5. The number of ether oxygens (including phenoxy) is 1. The highest BCUT2D eigenvalue weighted by Gasteiger charge is 2.23. The fraction of sp³-hybridized carbons (Fsp3) is 1.00. The molecule has 0 radical (unpaired) electrons. The van der Waals surface area contributed by atoms with Crippen molar-refractivity contribution in [3.8, 4) is 0 Å². The third kappa shape index (κ3) is 1.97. The van der Waals surface area contributed by atoms with Gasteiger partial charge in [0.25, 0.3) is 0 Å². The van der Waals surface area contributed by atoms with Gasteiger partial charge in [0.05, 0.1) is 0 Å². The van der Waals surface area contributed by atoms with Crippen LogP contribution in [-0.4, -0.2) is 43.9 Å². The van der Waals surface area contributed by atoms with E-state index in [1.54, 1.807) is 0 Å². The molecule has 0 amide bonds. The molecular formula is C9H18N2O. The van der Waals surface area contributed by atoms with E-state index in [1.807, 2.05) is 0 Å². The van der Waals surface area contributed by atoms with Gasteiger partial charge in [0, 0.05) is 26.2 Å². The summed E-state index contributed by atoms with van der Waals surface area (Å²) in [6.07, 6.45) is 4.18. The van der Waals surface area contributed by atoms with Gasteiger partial charge in [0.1, 0.15) is 6.23 Å². The second-order valence-electron chi connectivity index (χ2n) is 3.61. The van der Waals surface area contributed by atoms with Crippen molar-refractivity contribution in [2.24, 2.45) is 0 Å². The van der Waals surface area contributed by atoms with E-state index in [0.29, 0.717) is 6.23 Å². The van der Waals surface area contributed by atoms with Crippen LogP contribution in [0.25, 0.3) is 0 Å². The molecule has 2 heterocycles. The molecule has 2 aliphatic rings. The molecule has 2 saturated heterocycles. The maximum Gasteiger partial charge on any atom is 0.110 e. The summed E-state index contributed by atoms with van der Waals surface area (Å²) >= 11 is 0. The second kappa shape index (κ2) is 4.21. The summed E-state index contributed by atoms with van der Waals surface area (Å²) in [5.41, 5.74) is 0. The van der Waals surface area contributed by atoms with Gasteiger partial charge < -0.3 is 10.1 Å². The quantitative estimate of drug-likeness (QED) is 0.617. The average molecular weight is 170 g/mol. The molecule has 2 fully saturated rings. The van der Waals surface area contributed by atoms with Crippen LogP contribution in [-0.2, 0) is 4.74 Å². The van der Waals surface area contributed by atoms with Crippen molar-refractivity contribution in [1.29, 1.82) is 0 Å². The van der Waals surface area contributed by atoms with Crippen molar-refractivity contribution in [3.63, 3.8) is 0 Å². The maximum absolute atomic E-state index is 5.65. The highest BCUT2D eigenvalue weighted by molar-refractivity contribution is 4.72. The molecule has 0 aromatic heterocycles. The summed E-state index contributed by atoms with van der Waals surface area (Å²) in [5, 5.41) is 3.40. The number of nitrogens with one attached hydrogen (secondary N) is 1. The first-order valence-corrected chi connectivity index (χ1v) is 5.03. The Morgan fingerprint density at radius 3 is 3.00 bits per heavy atom. The monoisotopic (exact) mass is 170 g/mol. The zero-order valence-corrected chi connectivity index (χ0v) is 7.59. The smallest absolute Gasteiger partial charge is 0.110 e. The summed E-state index contributed by atoms with van der Waals surface area (Å²) in [5.74, 6) is 0. The lowest BCUT2D eigenvalue weighted by Crippen LogP contribution is -2.37. The van der Waals surface area contributed by atoms with Crippen LogP contribution in [0.4, 0.5) is 0 Å². The topological polar surface area (TPSA) is 24.5 Å². The van der Waals surface area contributed by atoms with E-state index in [-0.39, 0.29) is 0 Å². The van der Waals surface area contributed by atoms with E-state index >= 15 is 0 Å². The van der Waals surface area contributed by atoms with E-state index < -0.39 is 0 Å². The van der Waals surface area contributed by atoms with Crippen molar-refractivity contribution in [1.82, 2.24) is 10.2 Å². The summed E-state index contributed by atoms with van der Waals surface area (Å²) in [4.78, 5) is 2.48. The molecule has 1 unspecified atom stereocenters. The van der Waals surface area contributed by atoms with E-state index in [2.05, 4.69) is 10.2 Å². The normalized spacial score (nSPS) is 33.5. The number of rotatable bonds is 1. The van der Waals surface area contributed by atoms with Crippen LogP contribution in [0.1, 0.15) is 19.3 Å². The fourth-order valence-corrected chi connectivity index (χ4v) is 2.00. The minimum Gasteiger partial charge on any atom is -0.363 e. The van der Waals surface area contributed by atoms with Crippen LogP contribution in [0.5, 0.6) is 0 Å². The molecule has 1 atom stereocenters. The average Bonchev–Trinajstić information content (AvgIpc) is 2.48. The molecule has 3 heteroatoms. The number of hydrogen-bond acceptors (Lipinski definition) is 3. The molecule has 0 aromatic rings. The SMILES string of the molecule is C1COC(N2CCCNCC2)C1. The molecule has 2 rings (SSSR count). The van der Waals surface area contributed by atoms with Crippen molar-refractivity contribution in [3.05, 3.63) is 0 Å². The third-order valence-electron chi connectivity index (χ3n) is 2.69. The summed E-state index contributed by atoms with van der Waals surface area (Å²) in [6.45, 7) is 5.63. The van der Waals surface area contributed by atoms with E-state index in [9.17, 15) is 0 Å². The van der Waals surface area contributed by atoms with Crippen LogP contribution in [0.3, 0.4) is 0 Å². The van der Waals surface area contributed by atoms with E-state index in [0.717, 1.165) is 19.7 Å². The molecule has 70 valence electrons. The van der Waals surface area contributed by atoms with Crippen LogP contribution in [0.15, 0.2) is 0 Å². The van der Waals surface area contributed by atoms with Crippen LogP contribution in [0, 0.1) is 0 Å². The first-order chi connectivity index (χ1) is 5.97. The van der Waals surface area contributed by atoms with Gasteiger partial charge in [-0.15, -0.1) is 0 Å². The van der Waals surface area contributed by atoms with E-state index in [4.69, 9.17) is 4.74 Å². The Labute approximate surface area is 74.1 Å². The van der Waals surface area contributed by atoms with Gasteiger partial charge >= 0.3 is 0 Å². The Balaban J connectivity index is 1.83. The molecule has 12 heavy (non-hydrogen) atoms. The van der Waals surface area contributed by atoms with Gasteiger partial charge in [0.15, 0.2) is 0 Å². The Hall–Kier alpha value is -0.120. The molecule has 3 nitrogen and oxygen atoms in total. The first kappa shape index (κ1) is 8.48. The predicted octanol–water partition coefficient (Wildman–Crippen LogP) is 0.418. The zero-order valence-electron chi connectivity index (χ0n) is 7.59. The second-order valence-corrected chi connectivity index (χ2v) is 3.61. The zero-order chi connectivity index (χ0) is 8.23. The first-order valence-electron chi connectivity index (χ1n) is 5.03. The Bertz CT molecular complexity index is 126. The van der Waals surface area contributed by atoms with Gasteiger partial charge in [0.2, 0.25) is 0 Å². The molecule has 0 spiro atoms. The highest BCUT2D eigenvalue weighted by Crippen LogP contribution is 2.16. The Morgan fingerprint density at radius 1 is 1.17 bits per heavy atom. The van der Waals surface area contributed by atoms with Crippen molar-refractivity contribution in [2.45, 2.75) is 25.5 Å². The predicted molar refractivity (Wildman–Crippen MR) is 48.0 cm³/mol. The minimum atomic E-state index is 0.435. The molecule has 0 aromatic carbocycles. The summed E-state index contributed by atoms with van der Waals surface area (Å²) in [6, 6.07) is 0. The van der Waals surface area contributed by atoms with Crippen molar-refractivity contribution in [2.75, 3.05) is 32.8 Å². The number of nitrogens with zero attached hydrogens (tertiary/aromatic N) is 1. The molecule has 0 bridgehead atoms. The summed E-state index contributed by atoms with van der Waals surface area (Å²) < 4.78 is 5.65. The van der Waals surface area contributed by atoms with Crippen LogP contribution >= 0.6 is 0 Å². The van der Waals surface area contributed by atoms with Crippen molar-refractivity contribution >= 4 is 0 Å².